The van der Waals surface area contributed by atoms with E-state index in [9.17, 15) is 9.90 Å². The number of nitrogens with two attached hydrogens (primary N) is 1. The van der Waals surface area contributed by atoms with Crippen LogP contribution in [0, 0.1) is 5.92 Å². The van der Waals surface area contributed by atoms with E-state index in [1.807, 2.05) is 49.2 Å². The lowest BCUT2D eigenvalue weighted by molar-refractivity contribution is -0.132. The quantitative estimate of drug-likeness (QED) is 0.728. The van der Waals surface area contributed by atoms with Gasteiger partial charge in [0, 0.05) is 26.7 Å². The number of rotatable bonds is 7. The van der Waals surface area contributed by atoms with Crippen LogP contribution >= 0.6 is 24.8 Å². The summed E-state index contributed by atoms with van der Waals surface area (Å²) in [6.07, 6.45) is 1.87. The van der Waals surface area contributed by atoms with E-state index < -0.39 is 0 Å². The van der Waals surface area contributed by atoms with Crippen molar-refractivity contribution in [3.8, 4) is 0 Å². The van der Waals surface area contributed by atoms with E-state index in [1.165, 1.54) is 0 Å². The molecule has 2 unspecified atom stereocenters. The van der Waals surface area contributed by atoms with Gasteiger partial charge in [-0.3, -0.25) is 4.79 Å². The minimum absolute atomic E-state index is 0. The Morgan fingerprint density at radius 2 is 1.85 bits per heavy atom. The summed E-state index contributed by atoms with van der Waals surface area (Å²) in [6, 6.07) is 9.79. The largest absolute Gasteiger partial charge is 0.392 e. The Morgan fingerprint density at radius 3 is 2.35 bits per heavy atom. The van der Waals surface area contributed by atoms with Crippen molar-refractivity contribution in [2.75, 3.05) is 39.8 Å². The molecule has 2 atom stereocenters. The third-order valence-corrected chi connectivity index (χ3v) is 4.87. The molecule has 1 amide bonds. The third-order valence-electron chi connectivity index (χ3n) is 4.87. The number of aliphatic hydroxyl groups is 1. The first kappa shape index (κ1) is 25.1. The lowest BCUT2D eigenvalue weighted by Gasteiger charge is -2.35. The fourth-order valence-electron chi connectivity index (χ4n) is 3.53. The number of carbonyl (C=O) groups excluding carboxylic acids is 1. The van der Waals surface area contributed by atoms with Crippen molar-refractivity contribution < 1.29 is 9.90 Å². The molecule has 1 aliphatic rings. The predicted molar refractivity (Wildman–Crippen MR) is 111 cm³/mol. The van der Waals surface area contributed by atoms with Crippen molar-refractivity contribution in [2.24, 2.45) is 11.7 Å². The second-order valence-corrected chi connectivity index (χ2v) is 7.01. The molecule has 3 N–H and O–H groups in total. The van der Waals surface area contributed by atoms with Gasteiger partial charge < -0.3 is 20.6 Å². The van der Waals surface area contributed by atoms with Crippen LogP contribution in [0.1, 0.15) is 31.2 Å². The molecule has 2 rings (SSSR count). The molecule has 0 spiro atoms. The summed E-state index contributed by atoms with van der Waals surface area (Å²) in [6.45, 7) is 5.68. The molecule has 5 nitrogen and oxygen atoms in total. The first-order valence-corrected chi connectivity index (χ1v) is 8.91. The Kier molecular flexibility index (Phi) is 12.1. The Bertz CT molecular complexity index is 509. The van der Waals surface area contributed by atoms with Crippen molar-refractivity contribution in [3.63, 3.8) is 0 Å². The number of β-amino-alcohol motifs (C(OH)–C–C–N with tert-alkyl or cyclic N) is 1. The molecule has 26 heavy (non-hydrogen) atoms. The van der Waals surface area contributed by atoms with Crippen molar-refractivity contribution in [1.82, 2.24) is 9.80 Å². The molecular formula is C19H33Cl2N3O2. The molecule has 0 saturated carbocycles. The summed E-state index contributed by atoms with van der Waals surface area (Å²) >= 11 is 0. The molecule has 0 aromatic heterocycles. The standard InChI is InChI=1S/C19H31N3O2.2ClH/c1-15(23)13-22-10-8-16(9-11-22)14-21(2)19(24)18(12-20)17-6-4-3-5-7-17;;/h3-7,15-16,18,23H,8-14,20H2,1-2H3;2*1H. The van der Waals surface area contributed by atoms with E-state index in [0.717, 1.165) is 44.6 Å². The number of nitrogens with zero attached hydrogens (tertiary/aromatic N) is 2. The number of hydrogen-bond donors (Lipinski definition) is 2. The van der Waals surface area contributed by atoms with Crippen molar-refractivity contribution in [2.45, 2.75) is 31.8 Å². The predicted octanol–water partition coefficient (Wildman–Crippen LogP) is 2.12. The van der Waals surface area contributed by atoms with Crippen LogP contribution in [0.15, 0.2) is 30.3 Å². The molecule has 1 fully saturated rings. The van der Waals surface area contributed by atoms with Gasteiger partial charge in [0.2, 0.25) is 5.91 Å². The average molecular weight is 406 g/mol. The van der Waals surface area contributed by atoms with Crippen LogP contribution in [0.3, 0.4) is 0 Å². The molecule has 1 heterocycles. The van der Waals surface area contributed by atoms with E-state index in [1.54, 1.807) is 0 Å². The van der Waals surface area contributed by atoms with Crippen LogP contribution in [0.5, 0.6) is 0 Å². The maximum absolute atomic E-state index is 12.8. The van der Waals surface area contributed by atoms with Crippen molar-refractivity contribution in [1.29, 1.82) is 0 Å². The zero-order valence-electron chi connectivity index (χ0n) is 15.7. The van der Waals surface area contributed by atoms with E-state index >= 15 is 0 Å². The number of carbonyl (C=O) groups is 1. The van der Waals surface area contributed by atoms with E-state index in [2.05, 4.69) is 4.90 Å². The van der Waals surface area contributed by atoms with Crippen LogP contribution in [0.25, 0.3) is 0 Å². The highest BCUT2D eigenvalue weighted by molar-refractivity contribution is 5.85. The average Bonchev–Trinajstić information content (AvgIpc) is 2.57. The molecule has 1 aromatic rings. The molecule has 1 aromatic carbocycles. The maximum Gasteiger partial charge on any atom is 0.231 e. The normalized spacial score (nSPS) is 17.5. The lowest BCUT2D eigenvalue weighted by atomic mass is 9.94. The highest BCUT2D eigenvalue weighted by Crippen LogP contribution is 2.21. The Hall–Kier alpha value is -0.850. The number of piperidine rings is 1. The fourth-order valence-corrected chi connectivity index (χ4v) is 3.53. The molecular weight excluding hydrogens is 373 g/mol. The minimum atomic E-state index is -0.276. The van der Waals surface area contributed by atoms with Crippen molar-refractivity contribution in [3.05, 3.63) is 35.9 Å². The second kappa shape index (κ2) is 12.5. The number of hydrogen-bond acceptors (Lipinski definition) is 4. The summed E-state index contributed by atoms with van der Waals surface area (Å²) in [7, 11) is 1.89. The first-order valence-electron chi connectivity index (χ1n) is 8.91. The lowest BCUT2D eigenvalue weighted by Crippen LogP contribution is -2.43. The summed E-state index contributed by atoms with van der Waals surface area (Å²) in [5.74, 6) is 0.375. The van der Waals surface area contributed by atoms with E-state index in [-0.39, 0.29) is 42.7 Å². The molecule has 0 radical (unpaired) electrons. The molecule has 0 bridgehead atoms. The Balaban J connectivity index is 0.00000312. The van der Waals surface area contributed by atoms with Gasteiger partial charge in [-0.15, -0.1) is 24.8 Å². The Labute approximate surface area is 169 Å². The second-order valence-electron chi connectivity index (χ2n) is 7.01. The van der Waals surface area contributed by atoms with Crippen LogP contribution < -0.4 is 5.73 Å². The van der Waals surface area contributed by atoms with Gasteiger partial charge in [-0.2, -0.15) is 0 Å². The van der Waals surface area contributed by atoms with Gasteiger partial charge in [-0.25, -0.2) is 0 Å². The van der Waals surface area contributed by atoms with Crippen LogP contribution in [0.2, 0.25) is 0 Å². The Morgan fingerprint density at radius 1 is 1.27 bits per heavy atom. The summed E-state index contributed by atoms with van der Waals surface area (Å²) in [5, 5.41) is 9.48. The van der Waals surface area contributed by atoms with E-state index in [0.29, 0.717) is 12.5 Å². The van der Waals surface area contributed by atoms with E-state index in [4.69, 9.17) is 5.73 Å². The monoisotopic (exact) mass is 405 g/mol. The number of benzene rings is 1. The SMILES string of the molecule is CC(O)CN1CCC(CN(C)C(=O)C(CN)c2ccccc2)CC1.Cl.Cl. The zero-order valence-corrected chi connectivity index (χ0v) is 17.3. The number of halogens is 2. The van der Waals surface area contributed by atoms with Crippen LogP contribution in [-0.4, -0.2) is 66.7 Å². The number of aliphatic hydroxyl groups excluding tert-OH is 1. The van der Waals surface area contributed by atoms with Gasteiger partial charge in [-0.1, -0.05) is 30.3 Å². The van der Waals surface area contributed by atoms with Gasteiger partial charge in [-0.05, 0) is 44.3 Å². The summed E-state index contributed by atoms with van der Waals surface area (Å²) < 4.78 is 0. The maximum atomic E-state index is 12.8. The third kappa shape index (κ3) is 7.41. The molecule has 7 heteroatoms. The highest BCUT2D eigenvalue weighted by Gasteiger charge is 2.26. The highest BCUT2D eigenvalue weighted by atomic mass is 35.5. The first-order chi connectivity index (χ1) is 11.5. The van der Waals surface area contributed by atoms with Crippen LogP contribution in [-0.2, 0) is 4.79 Å². The van der Waals surface area contributed by atoms with Crippen molar-refractivity contribution >= 4 is 30.7 Å². The minimum Gasteiger partial charge on any atom is -0.392 e. The molecule has 1 saturated heterocycles. The number of likely N-dealkylation sites (N-methyl/N-ethyl adjacent to an activating group) is 1. The van der Waals surface area contributed by atoms with Gasteiger partial charge in [0.15, 0.2) is 0 Å². The topological polar surface area (TPSA) is 69.8 Å². The summed E-state index contributed by atoms with van der Waals surface area (Å²) in [5.41, 5.74) is 6.85. The van der Waals surface area contributed by atoms with Crippen LogP contribution in [0.4, 0.5) is 0 Å². The number of likely N-dealkylation sites (tertiary alicyclic amines) is 1. The van der Waals surface area contributed by atoms with Gasteiger partial charge in [0.1, 0.15) is 0 Å². The zero-order chi connectivity index (χ0) is 17.5. The van der Waals surface area contributed by atoms with Gasteiger partial charge in [0.25, 0.3) is 0 Å². The molecule has 1 aliphatic heterocycles. The molecule has 150 valence electrons. The fraction of sp³-hybridized carbons (Fsp3) is 0.632. The molecule has 0 aliphatic carbocycles. The smallest absolute Gasteiger partial charge is 0.231 e. The van der Waals surface area contributed by atoms with Gasteiger partial charge in [0.05, 0.1) is 12.0 Å². The summed E-state index contributed by atoms with van der Waals surface area (Å²) in [4.78, 5) is 16.9. The number of amides is 1. The van der Waals surface area contributed by atoms with Gasteiger partial charge >= 0.3 is 0 Å².